The second-order valence-corrected chi connectivity index (χ2v) is 10.4. The SMILES string of the molecule is CC(O)OC(=O)C(C)(c1ccc2c(c1)CN(c1ccccc1)CO2)c1ccc2c(c1)CN(c1ccccc1)CO2. The zero-order valence-corrected chi connectivity index (χ0v) is 22.6. The molecule has 0 saturated heterocycles. The molecule has 0 fully saturated rings. The number of hydrogen-bond donors (Lipinski definition) is 1. The van der Waals surface area contributed by atoms with Gasteiger partial charge in [0.15, 0.2) is 19.8 Å². The monoisotopic (exact) mass is 536 g/mol. The van der Waals surface area contributed by atoms with E-state index in [1.54, 1.807) is 0 Å². The van der Waals surface area contributed by atoms with Gasteiger partial charge in [-0.2, -0.15) is 0 Å². The van der Waals surface area contributed by atoms with Crippen LogP contribution in [0, 0.1) is 0 Å². The van der Waals surface area contributed by atoms with Gasteiger partial charge in [-0.15, -0.1) is 0 Å². The minimum absolute atomic E-state index is 0.445. The first-order chi connectivity index (χ1) is 19.4. The van der Waals surface area contributed by atoms with E-state index in [2.05, 4.69) is 34.1 Å². The Hall–Kier alpha value is -4.49. The van der Waals surface area contributed by atoms with E-state index < -0.39 is 17.7 Å². The first-order valence-corrected chi connectivity index (χ1v) is 13.4. The van der Waals surface area contributed by atoms with Crippen LogP contribution < -0.4 is 19.3 Å². The topological polar surface area (TPSA) is 71.5 Å². The predicted octanol–water partition coefficient (Wildman–Crippen LogP) is 5.59. The highest BCUT2D eigenvalue weighted by Gasteiger charge is 2.41. The Bertz CT molecular complexity index is 1410. The number of anilines is 2. The standard InChI is InChI=1S/C33H32N2O5/c1-23(36)40-32(37)33(2,26-13-15-30-24(17-26)19-34(21-38-30)28-9-5-3-6-10-28)27-14-16-31-25(18-27)20-35(22-39-31)29-11-7-4-8-12-29/h3-18,23,36H,19-22H2,1-2H3. The molecule has 0 amide bonds. The molecule has 204 valence electrons. The largest absolute Gasteiger partial charge is 0.473 e. The molecule has 2 aliphatic heterocycles. The van der Waals surface area contributed by atoms with Crippen molar-refractivity contribution in [3.63, 3.8) is 0 Å². The van der Waals surface area contributed by atoms with E-state index in [1.165, 1.54) is 6.92 Å². The van der Waals surface area contributed by atoms with E-state index >= 15 is 0 Å². The Morgan fingerprint density at radius 1 is 0.775 bits per heavy atom. The average molecular weight is 537 g/mol. The Morgan fingerprint density at radius 2 is 1.23 bits per heavy atom. The van der Waals surface area contributed by atoms with Crippen LogP contribution in [-0.2, 0) is 28.0 Å². The maximum absolute atomic E-state index is 13.7. The molecule has 1 N–H and O–H groups in total. The molecule has 2 heterocycles. The third-order valence-corrected chi connectivity index (χ3v) is 7.68. The molecule has 0 radical (unpaired) electrons. The van der Waals surface area contributed by atoms with Crippen molar-refractivity contribution in [2.75, 3.05) is 23.3 Å². The molecule has 0 aliphatic carbocycles. The molecule has 0 spiro atoms. The summed E-state index contributed by atoms with van der Waals surface area (Å²) in [5.74, 6) is 1.05. The molecule has 0 aromatic heterocycles. The first-order valence-electron chi connectivity index (χ1n) is 13.4. The van der Waals surface area contributed by atoms with Crippen molar-refractivity contribution in [1.82, 2.24) is 0 Å². The summed E-state index contributed by atoms with van der Waals surface area (Å²) in [5.41, 5.74) is 4.39. The number of benzene rings is 4. The number of ether oxygens (including phenoxy) is 3. The Kier molecular flexibility index (Phi) is 6.82. The number of fused-ring (bicyclic) bond motifs is 2. The molecule has 2 aliphatic rings. The molecule has 4 aromatic rings. The van der Waals surface area contributed by atoms with Crippen LogP contribution >= 0.6 is 0 Å². The minimum atomic E-state index is -1.24. The number of para-hydroxylation sites is 2. The van der Waals surface area contributed by atoms with Crippen molar-refractivity contribution >= 4 is 17.3 Å². The molecular weight excluding hydrogens is 504 g/mol. The van der Waals surface area contributed by atoms with Gasteiger partial charge < -0.3 is 29.1 Å². The lowest BCUT2D eigenvalue weighted by Gasteiger charge is -2.35. The fraction of sp³-hybridized carbons (Fsp3) is 0.242. The van der Waals surface area contributed by atoms with E-state index in [-0.39, 0.29) is 0 Å². The maximum atomic E-state index is 13.7. The number of aliphatic hydroxyl groups is 1. The predicted molar refractivity (Wildman–Crippen MR) is 153 cm³/mol. The van der Waals surface area contributed by atoms with Crippen molar-refractivity contribution in [2.24, 2.45) is 0 Å². The highest BCUT2D eigenvalue weighted by molar-refractivity contribution is 5.87. The van der Waals surface area contributed by atoms with Crippen LogP contribution in [0.1, 0.15) is 36.1 Å². The second kappa shape index (κ2) is 10.6. The Morgan fingerprint density at radius 3 is 1.65 bits per heavy atom. The lowest BCUT2D eigenvalue weighted by Crippen LogP contribution is -2.39. The van der Waals surface area contributed by atoms with Crippen molar-refractivity contribution in [3.8, 4) is 11.5 Å². The van der Waals surface area contributed by atoms with Crippen molar-refractivity contribution < 1.29 is 24.1 Å². The zero-order valence-electron chi connectivity index (χ0n) is 22.6. The second-order valence-electron chi connectivity index (χ2n) is 10.4. The van der Waals surface area contributed by atoms with E-state index in [9.17, 15) is 9.90 Å². The number of carbonyl (C=O) groups is 1. The van der Waals surface area contributed by atoms with Gasteiger partial charge in [0.2, 0.25) is 0 Å². The third kappa shape index (κ3) is 4.84. The zero-order chi connectivity index (χ0) is 27.7. The Labute approximate surface area is 234 Å². The maximum Gasteiger partial charge on any atom is 0.323 e. The summed E-state index contributed by atoms with van der Waals surface area (Å²) < 4.78 is 17.6. The van der Waals surface area contributed by atoms with Crippen LogP contribution in [-0.4, -0.2) is 30.8 Å². The molecule has 7 heteroatoms. The quantitative estimate of drug-likeness (QED) is 0.255. The van der Waals surface area contributed by atoms with E-state index in [0.29, 0.717) is 26.6 Å². The summed E-state index contributed by atoms with van der Waals surface area (Å²) in [6, 6.07) is 31.9. The van der Waals surface area contributed by atoms with Gasteiger partial charge in [0.05, 0.1) is 0 Å². The van der Waals surface area contributed by atoms with E-state index in [0.717, 1.165) is 45.1 Å². The van der Waals surface area contributed by atoms with Gasteiger partial charge >= 0.3 is 5.97 Å². The van der Waals surface area contributed by atoms with Crippen LogP contribution in [0.15, 0.2) is 97.1 Å². The molecule has 0 bridgehead atoms. The van der Waals surface area contributed by atoms with Crippen LogP contribution in [0.2, 0.25) is 0 Å². The summed E-state index contributed by atoms with van der Waals surface area (Å²) in [7, 11) is 0. The fourth-order valence-corrected chi connectivity index (χ4v) is 5.39. The highest BCUT2D eigenvalue weighted by Crippen LogP contribution is 2.40. The van der Waals surface area contributed by atoms with Gasteiger partial charge in [-0.25, -0.2) is 0 Å². The van der Waals surface area contributed by atoms with Crippen LogP contribution in [0.3, 0.4) is 0 Å². The molecule has 1 atom stereocenters. The number of hydrogen-bond acceptors (Lipinski definition) is 7. The van der Waals surface area contributed by atoms with Gasteiger partial charge in [-0.3, -0.25) is 4.79 Å². The van der Waals surface area contributed by atoms with Gasteiger partial charge in [-0.05, 0) is 73.5 Å². The molecular formula is C33H32N2O5. The number of carbonyl (C=O) groups excluding carboxylic acids is 1. The van der Waals surface area contributed by atoms with E-state index in [4.69, 9.17) is 14.2 Å². The summed E-state index contributed by atoms with van der Waals surface area (Å²) in [6.07, 6.45) is -1.24. The molecule has 4 aromatic carbocycles. The van der Waals surface area contributed by atoms with Crippen LogP contribution in [0.25, 0.3) is 0 Å². The number of rotatable bonds is 6. The van der Waals surface area contributed by atoms with Gasteiger partial charge in [-0.1, -0.05) is 48.5 Å². The van der Waals surface area contributed by atoms with Crippen molar-refractivity contribution in [2.45, 2.75) is 38.6 Å². The molecule has 1 unspecified atom stereocenters. The average Bonchev–Trinajstić information content (AvgIpc) is 3.00. The summed E-state index contributed by atoms with van der Waals surface area (Å²) in [5, 5.41) is 9.99. The smallest absolute Gasteiger partial charge is 0.323 e. The lowest BCUT2D eigenvalue weighted by molar-refractivity contribution is -0.169. The number of aliphatic hydroxyl groups excluding tert-OH is 1. The first kappa shape index (κ1) is 25.8. The molecule has 7 nitrogen and oxygen atoms in total. The molecule has 0 saturated carbocycles. The fourth-order valence-electron chi connectivity index (χ4n) is 5.39. The summed E-state index contributed by atoms with van der Waals surface area (Å²) >= 11 is 0. The van der Waals surface area contributed by atoms with E-state index in [1.807, 2.05) is 79.7 Å². The third-order valence-electron chi connectivity index (χ3n) is 7.68. The number of nitrogens with zero attached hydrogens (tertiary/aromatic N) is 2. The minimum Gasteiger partial charge on any atom is -0.473 e. The van der Waals surface area contributed by atoms with Crippen LogP contribution in [0.4, 0.5) is 11.4 Å². The normalized spacial score (nSPS) is 15.3. The van der Waals surface area contributed by atoms with Gasteiger partial charge in [0.1, 0.15) is 16.9 Å². The van der Waals surface area contributed by atoms with Gasteiger partial charge in [0.25, 0.3) is 0 Å². The highest BCUT2D eigenvalue weighted by atomic mass is 16.6. The Balaban J connectivity index is 1.37. The van der Waals surface area contributed by atoms with Crippen LogP contribution in [0.5, 0.6) is 11.5 Å². The molecule has 6 rings (SSSR count). The lowest BCUT2D eigenvalue weighted by atomic mass is 9.75. The molecule has 40 heavy (non-hydrogen) atoms. The van der Waals surface area contributed by atoms with Gasteiger partial charge in [0, 0.05) is 35.6 Å². The van der Waals surface area contributed by atoms with Crippen molar-refractivity contribution in [3.05, 3.63) is 119 Å². The number of esters is 1. The van der Waals surface area contributed by atoms with Crippen molar-refractivity contribution in [1.29, 1.82) is 0 Å². The summed E-state index contributed by atoms with van der Waals surface area (Å²) in [4.78, 5) is 18.0. The summed E-state index contributed by atoms with van der Waals surface area (Å²) in [6.45, 7) is 5.45.